The number of anilines is 2. The lowest BCUT2D eigenvalue weighted by Crippen LogP contribution is -2.25. The zero-order valence-electron chi connectivity index (χ0n) is 10.7. The maximum atomic E-state index is 11.2. The molecular formula is C13H12ClN3O2S. The van der Waals surface area contributed by atoms with E-state index in [0.717, 1.165) is 15.6 Å². The van der Waals surface area contributed by atoms with Crippen LogP contribution in [0, 0.1) is 6.92 Å². The molecule has 2 heterocycles. The Bertz CT molecular complexity index is 672. The fraction of sp³-hybridized carbons (Fsp3) is 0.231. The molecule has 0 saturated heterocycles. The second-order valence-electron chi connectivity index (χ2n) is 4.36. The number of halogens is 1. The van der Waals surface area contributed by atoms with Gasteiger partial charge in [0.25, 0.3) is 5.91 Å². The van der Waals surface area contributed by atoms with Crippen LogP contribution in [0.25, 0.3) is 0 Å². The first-order valence-electron chi connectivity index (χ1n) is 6.03. The molecule has 3 rings (SSSR count). The van der Waals surface area contributed by atoms with Crippen LogP contribution >= 0.6 is 22.9 Å². The van der Waals surface area contributed by atoms with Crippen LogP contribution in [0.2, 0.25) is 5.02 Å². The molecule has 0 saturated carbocycles. The Hall–Kier alpha value is -1.79. The summed E-state index contributed by atoms with van der Waals surface area (Å²) in [5.41, 5.74) is 1.37. The Labute approximate surface area is 124 Å². The zero-order chi connectivity index (χ0) is 14.1. The van der Waals surface area contributed by atoms with Crippen molar-refractivity contribution in [1.82, 2.24) is 4.98 Å². The highest BCUT2D eigenvalue weighted by Gasteiger charge is 2.18. The van der Waals surface area contributed by atoms with E-state index in [4.69, 9.17) is 16.3 Å². The van der Waals surface area contributed by atoms with Crippen molar-refractivity contribution in [2.24, 2.45) is 0 Å². The van der Waals surface area contributed by atoms with Gasteiger partial charge in [-0.1, -0.05) is 11.6 Å². The Kier molecular flexibility index (Phi) is 3.50. The molecule has 5 nitrogen and oxygen atoms in total. The second-order valence-corrected chi connectivity index (χ2v) is 6.09. The predicted octanol–water partition coefficient (Wildman–Crippen LogP) is 3.05. The number of thiazole rings is 1. The quantitative estimate of drug-likeness (QED) is 0.914. The Balaban J connectivity index is 1.78. The molecule has 0 atom stereocenters. The minimum absolute atomic E-state index is 0.0299. The van der Waals surface area contributed by atoms with Gasteiger partial charge in [0.2, 0.25) is 0 Å². The number of rotatable bonds is 3. The highest BCUT2D eigenvalue weighted by molar-refractivity contribution is 7.11. The molecule has 0 bridgehead atoms. The standard InChI is InChI=1S/C13H12ClN3O2S/c1-7-15-4-8(20-7)5-16-10-3-12-11(2-9(10)14)17-13(18)6-19-12/h2-4,16H,5-6H2,1H3,(H,17,18). The molecule has 2 aromatic rings. The minimum Gasteiger partial charge on any atom is -0.482 e. The molecule has 0 fully saturated rings. The summed E-state index contributed by atoms with van der Waals surface area (Å²) in [5.74, 6) is 0.450. The topological polar surface area (TPSA) is 63.2 Å². The molecule has 104 valence electrons. The molecule has 0 aliphatic carbocycles. The van der Waals surface area contributed by atoms with Crippen molar-refractivity contribution in [3.63, 3.8) is 0 Å². The van der Waals surface area contributed by atoms with Gasteiger partial charge in [-0.3, -0.25) is 4.79 Å². The number of hydrogen-bond acceptors (Lipinski definition) is 5. The van der Waals surface area contributed by atoms with E-state index >= 15 is 0 Å². The molecule has 7 heteroatoms. The largest absolute Gasteiger partial charge is 0.482 e. The van der Waals surface area contributed by atoms with Crippen LogP contribution < -0.4 is 15.4 Å². The van der Waals surface area contributed by atoms with Crippen LogP contribution in [-0.4, -0.2) is 17.5 Å². The van der Waals surface area contributed by atoms with Crippen LogP contribution in [0.3, 0.4) is 0 Å². The van der Waals surface area contributed by atoms with Crippen molar-refractivity contribution in [3.8, 4) is 5.75 Å². The lowest BCUT2D eigenvalue weighted by molar-refractivity contribution is -0.118. The summed E-state index contributed by atoms with van der Waals surface area (Å²) in [7, 11) is 0. The smallest absolute Gasteiger partial charge is 0.262 e. The van der Waals surface area contributed by atoms with Crippen molar-refractivity contribution in [1.29, 1.82) is 0 Å². The molecule has 1 aromatic heterocycles. The van der Waals surface area contributed by atoms with E-state index in [1.807, 2.05) is 13.1 Å². The van der Waals surface area contributed by atoms with Crippen molar-refractivity contribution >= 4 is 40.2 Å². The Morgan fingerprint density at radius 2 is 2.40 bits per heavy atom. The van der Waals surface area contributed by atoms with E-state index in [1.54, 1.807) is 23.5 Å². The van der Waals surface area contributed by atoms with E-state index in [2.05, 4.69) is 15.6 Å². The number of aromatic nitrogens is 1. The fourth-order valence-corrected chi connectivity index (χ4v) is 2.87. The number of carbonyl (C=O) groups is 1. The SMILES string of the molecule is Cc1ncc(CNc2cc3c(cc2Cl)NC(=O)CO3)s1. The monoisotopic (exact) mass is 309 g/mol. The van der Waals surface area contributed by atoms with Gasteiger partial charge in [0.1, 0.15) is 5.75 Å². The lowest BCUT2D eigenvalue weighted by atomic mass is 10.2. The van der Waals surface area contributed by atoms with E-state index < -0.39 is 0 Å². The van der Waals surface area contributed by atoms with Gasteiger partial charge < -0.3 is 15.4 Å². The highest BCUT2D eigenvalue weighted by Crippen LogP contribution is 2.36. The van der Waals surface area contributed by atoms with Crippen molar-refractivity contribution in [3.05, 3.63) is 33.2 Å². The van der Waals surface area contributed by atoms with Gasteiger partial charge in [0, 0.05) is 17.1 Å². The number of carbonyl (C=O) groups excluding carboxylic acids is 1. The number of hydrogen-bond donors (Lipinski definition) is 2. The summed E-state index contributed by atoms with van der Waals surface area (Å²) in [5, 5.41) is 7.54. The van der Waals surface area contributed by atoms with E-state index in [9.17, 15) is 4.79 Å². The number of amides is 1. The molecule has 0 unspecified atom stereocenters. The van der Waals surface area contributed by atoms with Crippen molar-refractivity contribution in [2.45, 2.75) is 13.5 Å². The predicted molar refractivity (Wildman–Crippen MR) is 79.8 cm³/mol. The normalized spacial score (nSPS) is 13.4. The first-order valence-corrected chi connectivity index (χ1v) is 7.22. The molecule has 1 amide bonds. The molecular weight excluding hydrogens is 298 g/mol. The highest BCUT2D eigenvalue weighted by atomic mass is 35.5. The average Bonchev–Trinajstić information content (AvgIpc) is 2.82. The molecule has 1 aliphatic heterocycles. The molecule has 0 spiro atoms. The Morgan fingerprint density at radius 3 is 3.15 bits per heavy atom. The maximum absolute atomic E-state index is 11.2. The molecule has 1 aromatic carbocycles. The van der Waals surface area contributed by atoms with Gasteiger partial charge >= 0.3 is 0 Å². The molecule has 20 heavy (non-hydrogen) atoms. The van der Waals surface area contributed by atoms with Gasteiger partial charge in [-0.25, -0.2) is 4.98 Å². The van der Waals surface area contributed by atoms with Gasteiger partial charge in [0.05, 0.1) is 27.9 Å². The number of nitrogens with zero attached hydrogens (tertiary/aromatic N) is 1. The van der Waals surface area contributed by atoms with Crippen LogP contribution in [-0.2, 0) is 11.3 Å². The third kappa shape index (κ3) is 2.71. The molecule has 2 N–H and O–H groups in total. The third-order valence-corrected chi connectivity index (χ3v) is 4.05. The first kappa shape index (κ1) is 13.2. The van der Waals surface area contributed by atoms with Crippen LogP contribution in [0.5, 0.6) is 5.75 Å². The summed E-state index contributed by atoms with van der Waals surface area (Å²) in [6, 6.07) is 3.49. The van der Waals surface area contributed by atoms with Crippen molar-refractivity contribution in [2.75, 3.05) is 17.2 Å². The van der Waals surface area contributed by atoms with Crippen LogP contribution in [0.15, 0.2) is 18.3 Å². The van der Waals surface area contributed by atoms with E-state index in [0.29, 0.717) is 23.0 Å². The summed E-state index contributed by atoms with van der Waals surface area (Å²) in [6.07, 6.45) is 1.84. The van der Waals surface area contributed by atoms with Gasteiger partial charge in [-0.2, -0.15) is 0 Å². The average molecular weight is 310 g/mol. The summed E-state index contributed by atoms with van der Waals surface area (Å²) in [4.78, 5) is 16.6. The van der Waals surface area contributed by atoms with Gasteiger partial charge in [-0.05, 0) is 13.0 Å². The molecule has 1 aliphatic rings. The number of fused-ring (bicyclic) bond motifs is 1. The van der Waals surface area contributed by atoms with Gasteiger partial charge in [-0.15, -0.1) is 11.3 Å². The summed E-state index contributed by atoms with van der Waals surface area (Å²) in [6.45, 7) is 2.65. The Morgan fingerprint density at radius 1 is 1.55 bits per heavy atom. The summed E-state index contributed by atoms with van der Waals surface area (Å²) >= 11 is 7.84. The molecule has 0 radical (unpaired) electrons. The van der Waals surface area contributed by atoms with Crippen LogP contribution in [0.4, 0.5) is 11.4 Å². The number of ether oxygens (including phenoxy) is 1. The lowest BCUT2D eigenvalue weighted by Gasteiger charge is -2.19. The van der Waals surface area contributed by atoms with E-state index in [1.165, 1.54) is 0 Å². The van der Waals surface area contributed by atoms with E-state index in [-0.39, 0.29) is 12.5 Å². The van der Waals surface area contributed by atoms with Crippen molar-refractivity contribution < 1.29 is 9.53 Å². The first-order chi connectivity index (χ1) is 9.61. The van der Waals surface area contributed by atoms with Crippen LogP contribution in [0.1, 0.15) is 9.88 Å². The summed E-state index contributed by atoms with van der Waals surface area (Å²) < 4.78 is 5.37. The second kappa shape index (κ2) is 5.30. The fourth-order valence-electron chi connectivity index (χ4n) is 1.90. The number of aryl methyl sites for hydroxylation is 1. The third-order valence-electron chi connectivity index (χ3n) is 2.82. The minimum atomic E-state index is -0.172. The van der Waals surface area contributed by atoms with Gasteiger partial charge in [0.15, 0.2) is 6.61 Å². The zero-order valence-corrected chi connectivity index (χ0v) is 12.3. The maximum Gasteiger partial charge on any atom is 0.262 e. The number of benzene rings is 1. The number of nitrogens with one attached hydrogen (secondary N) is 2.